The maximum absolute atomic E-state index is 10.9. The zero-order valence-corrected chi connectivity index (χ0v) is 7.74. The molecule has 0 heterocycles. The Balaban J connectivity index is 5.32. The van der Waals surface area contributed by atoms with Crippen LogP contribution in [0.25, 0.3) is 0 Å². The van der Waals surface area contributed by atoms with Crippen molar-refractivity contribution in [3.63, 3.8) is 0 Å². The van der Waals surface area contributed by atoms with Crippen molar-refractivity contribution in [1.82, 2.24) is 0 Å². The van der Waals surface area contributed by atoms with Crippen LogP contribution in [0, 0.1) is 0 Å². The van der Waals surface area contributed by atoms with E-state index in [9.17, 15) is 8.42 Å². The quantitative estimate of drug-likeness (QED) is 0.640. The van der Waals surface area contributed by atoms with Crippen molar-refractivity contribution in [3.05, 3.63) is 35.2 Å². The molecule has 0 aliphatic carbocycles. The minimum Gasteiger partial charge on any atom is -0.224 e. The molecule has 0 aliphatic rings. The van der Waals surface area contributed by atoms with Gasteiger partial charge in [0.05, 0.1) is 9.94 Å². The van der Waals surface area contributed by atoms with E-state index in [2.05, 4.69) is 13.2 Å². The Morgan fingerprint density at radius 3 is 1.91 bits per heavy atom. The van der Waals surface area contributed by atoms with E-state index in [0.717, 1.165) is 6.26 Å². The number of rotatable bonds is 3. The normalized spacial score (nSPS) is 13.6. The molecular formula is C7H9ClO2S. The molecule has 11 heavy (non-hydrogen) atoms. The van der Waals surface area contributed by atoms with Gasteiger partial charge in [0, 0.05) is 6.26 Å². The molecule has 0 aromatic carbocycles. The molecular weight excluding hydrogens is 184 g/mol. The van der Waals surface area contributed by atoms with E-state index >= 15 is 0 Å². The molecule has 0 radical (unpaired) electrons. The van der Waals surface area contributed by atoms with Gasteiger partial charge in [-0.15, -0.1) is 0 Å². The van der Waals surface area contributed by atoms with Gasteiger partial charge in [-0.05, 0) is 12.2 Å². The van der Waals surface area contributed by atoms with Gasteiger partial charge >= 0.3 is 0 Å². The van der Waals surface area contributed by atoms with E-state index in [1.807, 2.05) is 0 Å². The highest BCUT2D eigenvalue weighted by Crippen LogP contribution is 2.16. The van der Waals surface area contributed by atoms with Crippen molar-refractivity contribution in [2.24, 2.45) is 0 Å². The molecule has 0 aromatic rings. The second-order valence-corrected chi connectivity index (χ2v) is 4.28. The fourth-order valence-corrected chi connectivity index (χ4v) is 1.76. The summed E-state index contributed by atoms with van der Waals surface area (Å²) in [5.41, 5.74) is 0. The lowest BCUT2D eigenvalue weighted by Gasteiger charge is -1.98. The summed E-state index contributed by atoms with van der Waals surface area (Å²) in [5, 5.41) is 0.0995. The first-order chi connectivity index (χ1) is 4.93. The summed E-state index contributed by atoms with van der Waals surface area (Å²) < 4.78 is 21.8. The Labute approximate surface area is 71.8 Å². The lowest BCUT2D eigenvalue weighted by Crippen LogP contribution is -1.99. The average molecular weight is 193 g/mol. The zero-order valence-electron chi connectivity index (χ0n) is 6.17. The Morgan fingerprint density at radius 2 is 1.82 bits per heavy atom. The first kappa shape index (κ1) is 10.5. The molecule has 0 bridgehead atoms. The third kappa shape index (κ3) is 2.91. The van der Waals surface area contributed by atoms with Crippen LogP contribution in [0.1, 0.15) is 0 Å². The van der Waals surface area contributed by atoms with Gasteiger partial charge in [-0.25, -0.2) is 8.42 Å². The van der Waals surface area contributed by atoms with Crippen molar-refractivity contribution in [2.45, 2.75) is 0 Å². The molecule has 62 valence electrons. The van der Waals surface area contributed by atoms with Crippen LogP contribution >= 0.6 is 11.6 Å². The Hall–Kier alpha value is -0.540. The minimum absolute atomic E-state index is 0.00849. The highest BCUT2D eigenvalue weighted by Gasteiger charge is 2.10. The molecule has 0 spiro atoms. The van der Waals surface area contributed by atoms with Gasteiger partial charge in [-0.1, -0.05) is 24.8 Å². The molecule has 0 aliphatic heterocycles. The van der Waals surface area contributed by atoms with Crippen LogP contribution in [0.5, 0.6) is 0 Å². The van der Waals surface area contributed by atoms with E-state index in [4.69, 9.17) is 11.6 Å². The molecule has 2 nitrogen and oxygen atoms in total. The lowest BCUT2D eigenvalue weighted by atomic mass is 10.5. The summed E-state index contributed by atoms with van der Waals surface area (Å²) in [7, 11) is -3.27. The van der Waals surface area contributed by atoms with Gasteiger partial charge in [-0.2, -0.15) is 0 Å². The molecule has 0 atom stereocenters. The van der Waals surface area contributed by atoms with Gasteiger partial charge in [0.1, 0.15) is 0 Å². The van der Waals surface area contributed by atoms with E-state index in [1.165, 1.54) is 12.2 Å². The van der Waals surface area contributed by atoms with E-state index in [-0.39, 0.29) is 9.94 Å². The fraction of sp³-hybridized carbons (Fsp3) is 0.143. The van der Waals surface area contributed by atoms with Crippen molar-refractivity contribution >= 4 is 21.4 Å². The standard InChI is InChI=1S/C7H9ClO2S/c1-4-6(8)7(5-2)11(3,9)10/h4-5H,1-2H2,3H3. The van der Waals surface area contributed by atoms with Crippen molar-refractivity contribution in [2.75, 3.05) is 6.26 Å². The summed E-state index contributed by atoms with van der Waals surface area (Å²) in [6.45, 7) is 6.67. The van der Waals surface area contributed by atoms with Crippen LogP contribution in [0.3, 0.4) is 0 Å². The first-order valence-corrected chi connectivity index (χ1v) is 5.05. The predicted molar refractivity (Wildman–Crippen MR) is 48.1 cm³/mol. The van der Waals surface area contributed by atoms with Crippen LogP contribution in [-0.2, 0) is 9.84 Å². The summed E-state index contributed by atoms with van der Waals surface area (Å²) in [4.78, 5) is 0.00849. The van der Waals surface area contributed by atoms with Gasteiger partial charge in [0.15, 0.2) is 9.84 Å². The number of hydrogen-bond acceptors (Lipinski definition) is 2. The maximum atomic E-state index is 10.9. The van der Waals surface area contributed by atoms with Crippen LogP contribution in [0.15, 0.2) is 35.2 Å². The third-order valence-electron chi connectivity index (χ3n) is 0.999. The molecule has 0 saturated carbocycles. The number of allylic oxidation sites excluding steroid dienone is 3. The van der Waals surface area contributed by atoms with Gasteiger partial charge in [-0.3, -0.25) is 0 Å². The topological polar surface area (TPSA) is 34.1 Å². The van der Waals surface area contributed by atoms with Crippen molar-refractivity contribution in [1.29, 1.82) is 0 Å². The predicted octanol–water partition coefficient (Wildman–Crippen LogP) is 1.85. The highest BCUT2D eigenvalue weighted by molar-refractivity contribution is 7.94. The average Bonchev–Trinajstić information content (AvgIpc) is 1.86. The molecule has 0 rings (SSSR count). The monoisotopic (exact) mass is 192 g/mol. The second kappa shape index (κ2) is 3.74. The fourth-order valence-electron chi connectivity index (χ4n) is 0.527. The van der Waals surface area contributed by atoms with Gasteiger partial charge in [0.25, 0.3) is 0 Å². The van der Waals surface area contributed by atoms with Crippen LogP contribution in [0.4, 0.5) is 0 Å². The summed E-state index contributed by atoms with van der Waals surface area (Å²) in [5.74, 6) is 0. The first-order valence-electron chi connectivity index (χ1n) is 2.78. The van der Waals surface area contributed by atoms with Crippen molar-refractivity contribution in [3.8, 4) is 0 Å². The molecule has 0 unspecified atom stereocenters. The third-order valence-corrected chi connectivity index (χ3v) is 2.65. The van der Waals surface area contributed by atoms with Gasteiger partial charge in [0.2, 0.25) is 0 Å². The molecule has 4 heteroatoms. The number of halogens is 1. The molecule has 0 amide bonds. The van der Waals surface area contributed by atoms with Crippen LogP contribution < -0.4 is 0 Å². The maximum Gasteiger partial charge on any atom is 0.176 e. The number of hydrogen-bond donors (Lipinski definition) is 0. The minimum atomic E-state index is -3.27. The molecule has 0 fully saturated rings. The van der Waals surface area contributed by atoms with Gasteiger partial charge < -0.3 is 0 Å². The van der Waals surface area contributed by atoms with Crippen LogP contribution in [0.2, 0.25) is 0 Å². The molecule has 0 aromatic heterocycles. The van der Waals surface area contributed by atoms with Crippen LogP contribution in [-0.4, -0.2) is 14.7 Å². The molecule has 0 saturated heterocycles. The summed E-state index contributed by atoms with van der Waals surface area (Å²) in [6, 6.07) is 0. The van der Waals surface area contributed by atoms with E-state index < -0.39 is 9.84 Å². The number of sulfone groups is 1. The second-order valence-electron chi connectivity index (χ2n) is 1.89. The Morgan fingerprint density at radius 1 is 1.36 bits per heavy atom. The Bertz CT molecular complexity index is 298. The SMILES string of the molecule is C=CC(Cl)=C(C=C)S(C)(=O)=O. The van der Waals surface area contributed by atoms with Crippen molar-refractivity contribution < 1.29 is 8.42 Å². The lowest BCUT2D eigenvalue weighted by molar-refractivity contribution is 0.608. The Kier molecular flexibility index (Phi) is 3.55. The van der Waals surface area contributed by atoms with E-state index in [1.54, 1.807) is 0 Å². The molecule has 0 N–H and O–H groups in total. The smallest absolute Gasteiger partial charge is 0.176 e. The zero-order chi connectivity index (χ0) is 9.07. The van der Waals surface area contributed by atoms with E-state index in [0.29, 0.717) is 0 Å². The summed E-state index contributed by atoms with van der Waals surface area (Å²) >= 11 is 5.53. The summed E-state index contributed by atoms with van der Waals surface area (Å²) in [6.07, 6.45) is 3.52. The highest BCUT2D eigenvalue weighted by atomic mass is 35.5. The largest absolute Gasteiger partial charge is 0.224 e.